The molecular formula is C20H26N6S2. The van der Waals surface area contributed by atoms with Crippen molar-refractivity contribution in [1.29, 1.82) is 0 Å². The van der Waals surface area contributed by atoms with Gasteiger partial charge in [0.15, 0.2) is 5.13 Å². The van der Waals surface area contributed by atoms with Crippen LogP contribution in [0.5, 0.6) is 0 Å². The van der Waals surface area contributed by atoms with E-state index >= 15 is 0 Å². The smallest absolute Gasteiger partial charge is 0.185 e. The lowest BCUT2D eigenvalue weighted by atomic mass is 9.89. The van der Waals surface area contributed by atoms with Gasteiger partial charge in [-0.25, -0.2) is 15.0 Å². The summed E-state index contributed by atoms with van der Waals surface area (Å²) in [6, 6.07) is 0. The average molecular weight is 415 g/mol. The molecule has 3 aromatic rings. The zero-order chi connectivity index (χ0) is 19.1. The highest BCUT2D eigenvalue weighted by Gasteiger charge is 2.24. The number of thiazole rings is 1. The molecular weight excluding hydrogens is 388 g/mol. The largest absolute Gasteiger partial charge is 0.383 e. The van der Waals surface area contributed by atoms with E-state index in [1.54, 1.807) is 11.3 Å². The van der Waals surface area contributed by atoms with Gasteiger partial charge in [0.05, 0.1) is 5.39 Å². The van der Waals surface area contributed by atoms with Crippen LogP contribution in [-0.4, -0.2) is 52.6 Å². The number of piperazine rings is 1. The third-order valence-corrected chi connectivity index (χ3v) is 7.92. The highest BCUT2D eigenvalue weighted by molar-refractivity contribution is 7.19. The molecule has 0 saturated carbocycles. The van der Waals surface area contributed by atoms with E-state index in [1.165, 1.54) is 16.9 Å². The fourth-order valence-corrected chi connectivity index (χ4v) is 6.43. The summed E-state index contributed by atoms with van der Waals surface area (Å²) < 4.78 is 0. The lowest BCUT2D eigenvalue weighted by molar-refractivity contribution is 0.259. The fraction of sp³-hybridized carbons (Fsp3) is 0.550. The third kappa shape index (κ3) is 3.49. The number of aryl methyl sites for hydroxylation is 1. The Hall–Kier alpha value is -1.77. The summed E-state index contributed by atoms with van der Waals surface area (Å²) >= 11 is 3.55. The zero-order valence-corrected chi connectivity index (χ0v) is 17.9. The molecule has 0 aromatic carbocycles. The number of nitrogens with two attached hydrogens (primary N) is 1. The Labute approximate surface area is 173 Å². The minimum atomic E-state index is 0.681. The second-order valence-electron chi connectivity index (χ2n) is 7.95. The Morgan fingerprint density at radius 2 is 2.07 bits per heavy atom. The summed E-state index contributed by atoms with van der Waals surface area (Å²) in [5.41, 5.74) is 7.79. The number of hydrogen-bond donors (Lipinski definition) is 1. The molecule has 1 aliphatic carbocycles. The molecule has 1 saturated heterocycles. The summed E-state index contributed by atoms with van der Waals surface area (Å²) in [6.45, 7) is 7.50. The standard InChI is InChI=1S/C20H26N6S2/c1-13-2-3-14-15(12-13)28-19-17(14)18(21)23-16(24-19)4-6-25-7-9-26(10-8-25)20-22-5-11-27-20/h5,11,13H,2-4,6-10,12H2,1H3,(H2,21,23,24)/t13-/m0/s1. The van der Waals surface area contributed by atoms with E-state index in [2.05, 4.69) is 26.7 Å². The minimum Gasteiger partial charge on any atom is -0.383 e. The van der Waals surface area contributed by atoms with Gasteiger partial charge in [-0.2, -0.15) is 0 Å². The van der Waals surface area contributed by atoms with Gasteiger partial charge in [-0.15, -0.1) is 22.7 Å². The molecule has 0 unspecified atom stereocenters. The molecule has 28 heavy (non-hydrogen) atoms. The Bertz CT molecular complexity index is 959. The Morgan fingerprint density at radius 3 is 2.86 bits per heavy atom. The van der Waals surface area contributed by atoms with Crippen LogP contribution in [0.4, 0.5) is 10.9 Å². The number of nitrogen functional groups attached to an aromatic ring is 1. The Balaban J connectivity index is 1.25. The molecule has 1 fully saturated rings. The number of thiophene rings is 1. The molecule has 2 aliphatic rings. The maximum Gasteiger partial charge on any atom is 0.185 e. The molecule has 2 N–H and O–H groups in total. The van der Waals surface area contributed by atoms with Gasteiger partial charge in [-0.1, -0.05) is 6.92 Å². The van der Waals surface area contributed by atoms with E-state index in [4.69, 9.17) is 10.7 Å². The predicted molar refractivity (Wildman–Crippen MR) is 117 cm³/mol. The normalized spacial score (nSPS) is 20.6. The molecule has 6 nitrogen and oxygen atoms in total. The van der Waals surface area contributed by atoms with Crippen LogP contribution >= 0.6 is 22.7 Å². The van der Waals surface area contributed by atoms with E-state index in [0.717, 1.165) is 79.1 Å². The van der Waals surface area contributed by atoms with E-state index in [1.807, 2.05) is 22.9 Å². The van der Waals surface area contributed by atoms with Gasteiger partial charge in [-0.05, 0) is 30.7 Å². The van der Waals surface area contributed by atoms with Gasteiger partial charge >= 0.3 is 0 Å². The second kappa shape index (κ2) is 7.57. The molecule has 8 heteroatoms. The van der Waals surface area contributed by atoms with E-state index in [0.29, 0.717) is 5.82 Å². The molecule has 1 atom stereocenters. The fourth-order valence-electron chi connectivity index (χ4n) is 4.32. The number of nitrogens with zero attached hydrogens (tertiary/aromatic N) is 5. The maximum atomic E-state index is 6.37. The molecule has 1 aliphatic heterocycles. The van der Waals surface area contributed by atoms with Crippen molar-refractivity contribution in [2.24, 2.45) is 5.92 Å². The molecule has 0 amide bonds. The Kier molecular flexibility index (Phi) is 4.94. The van der Waals surface area contributed by atoms with Crippen LogP contribution in [0.1, 0.15) is 29.6 Å². The topological polar surface area (TPSA) is 71.2 Å². The van der Waals surface area contributed by atoms with Crippen LogP contribution in [0, 0.1) is 5.92 Å². The van der Waals surface area contributed by atoms with Crippen molar-refractivity contribution in [1.82, 2.24) is 19.9 Å². The first kappa shape index (κ1) is 18.3. The van der Waals surface area contributed by atoms with Crippen LogP contribution in [-0.2, 0) is 19.3 Å². The molecule has 0 bridgehead atoms. The summed E-state index contributed by atoms with van der Waals surface area (Å²) in [4.78, 5) is 21.4. The van der Waals surface area contributed by atoms with E-state index in [-0.39, 0.29) is 0 Å². The van der Waals surface area contributed by atoms with Gasteiger partial charge in [-0.3, -0.25) is 4.90 Å². The number of rotatable bonds is 4. The molecule has 148 valence electrons. The monoisotopic (exact) mass is 414 g/mol. The van der Waals surface area contributed by atoms with Gasteiger partial charge in [0.1, 0.15) is 16.5 Å². The average Bonchev–Trinajstić information content (AvgIpc) is 3.34. The first-order valence-electron chi connectivity index (χ1n) is 10.1. The van der Waals surface area contributed by atoms with Crippen molar-refractivity contribution < 1.29 is 0 Å². The van der Waals surface area contributed by atoms with Gasteiger partial charge in [0.2, 0.25) is 0 Å². The van der Waals surface area contributed by atoms with Crippen molar-refractivity contribution in [2.45, 2.75) is 32.6 Å². The first-order chi connectivity index (χ1) is 13.7. The highest BCUT2D eigenvalue weighted by atomic mass is 32.1. The molecule has 3 aromatic heterocycles. The van der Waals surface area contributed by atoms with E-state index in [9.17, 15) is 0 Å². The minimum absolute atomic E-state index is 0.681. The highest BCUT2D eigenvalue weighted by Crippen LogP contribution is 2.39. The summed E-state index contributed by atoms with van der Waals surface area (Å²) in [5.74, 6) is 2.33. The van der Waals surface area contributed by atoms with Gasteiger partial charge in [0, 0.05) is 55.6 Å². The van der Waals surface area contributed by atoms with Crippen molar-refractivity contribution in [3.05, 3.63) is 27.8 Å². The van der Waals surface area contributed by atoms with Crippen molar-refractivity contribution in [3.8, 4) is 0 Å². The van der Waals surface area contributed by atoms with Crippen LogP contribution in [0.2, 0.25) is 0 Å². The van der Waals surface area contributed by atoms with Crippen molar-refractivity contribution in [3.63, 3.8) is 0 Å². The number of hydrogen-bond acceptors (Lipinski definition) is 8. The van der Waals surface area contributed by atoms with Crippen LogP contribution in [0.25, 0.3) is 10.2 Å². The van der Waals surface area contributed by atoms with Crippen molar-refractivity contribution in [2.75, 3.05) is 43.4 Å². The third-order valence-electron chi connectivity index (χ3n) is 5.94. The van der Waals surface area contributed by atoms with E-state index < -0.39 is 0 Å². The van der Waals surface area contributed by atoms with Crippen LogP contribution in [0.15, 0.2) is 11.6 Å². The molecule has 5 rings (SSSR count). The molecule has 0 spiro atoms. The molecule has 0 radical (unpaired) electrons. The predicted octanol–water partition coefficient (Wildman–Crippen LogP) is 3.22. The summed E-state index contributed by atoms with van der Waals surface area (Å²) in [6.07, 6.45) is 6.26. The maximum absolute atomic E-state index is 6.37. The number of anilines is 2. The lowest BCUT2D eigenvalue weighted by Gasteiger charge is -2.34. The summed E-state index contributed by atoms with van der Waals surface area (Å²) in [5, 5.41) is 4.31. The SMILES string of the molecule is C[C@H]1CCc2c(sc3nc(CCN4CCN(c5nccs5)CC4)nc(N)c23)C1. The van der Waals surface area contributed by atoms with Crippen LogP contribution < -0.4 is 10.6 Å². The zero-order valence-electron chi connectivity index (χ0n) is 16.2. The van der Waals surface area contributed by atoms with Crippen LogP contribution in [0.3, 0.4) is 0 Å². The molecule has 4 heterocycles. The second-order valence-corrected chi connectivity index (χ2v) is 9.91. The van der Waals surface area contributed by atoms with Gasteiger partial charge in [0.25, 0.3) is 0 Å². The quantitative estimate of drug-likeness (QED) is 0.707. The Morgan fingerprint density at radius 1 is 1.21 bits per heavy atom. The number of aromatic nitrogens is 3. The van der Waals surface area contributed by atoms with Crippen molar-refractivity contribution >= 4 is 43.8 Å². The first-order valence-corrected chi connectivity index (χ1v) is 11.8. The lowest BCUT2D eigenvalue weighted by Crippen LogP contribution is -2.47. The van der Waals surface area contributed by atoms with Gasteiger partial charge < -0.3 is 10.6 Å². The summed E-state index contributed by atoms with van der Waals surface area (Å²) in [7, 11) is 0. The number of fused-ring (bicyclic) bond motifs is 3.